The molecule has 0 unspecified atom stereocenters. The number of anilines is 2. The summed E-state index contributed by atoms with van der Waals surface area (Å²) in [7, 11) is 0. The highest BCUT2D eigenvalue weighted by Gasteiger charge is 2.07. The monoisotopic (exact) mass is 361 g/mol. The fraction of sp³-hybridized carbons (Fsp3) is 0.0526. The molecule has 4 aromatic rings. The minimum absolute atomic E-state index is 0.159. The molecule has 128 valence electrons. The van der Waals surface area contributed by atoms with Crippen LogP contribution in [0.25, 0.3) is 10.2 Å². The minimum atomic E-state index is -0.159. The van der Waals surface area contributed by atoms with Gasteiger partial charge in [-0.3, -0.25) is 9.78 Å². The number of fused-ring (bicyclic) bond motifs is 1. The number of nitrogens with zero attached hydrogens (tertiary/aromatic N) is 3. The van der Waals surface area contributed by atoms with E-state index in [-0.39, 0.29) is 5.91 Å². The molecule has 3 aromatic heterocycles. The molecule has 0 saturated heterocycles. The number of hydrogen-bond acceptors (Lipinski definition) is 6. The van der Waals surface area contributed by atoms with Crippen LogP contribution < -0.4 is 10.6 Å². The van der Waals surface area contributed by atoms with E-state index in [1.54, 1.807) is 42.2 Å². The molecule has 6 nitrogen and oxygen atoms in total. The number of carbonyl (C=O) groups is 1. The van der Waals surface area contributed by atoms with E-state index in [2.05, 4.69) is 25.6 Å². The van der Waals surface area contributed by atoms with Crippen molar-refractivity contribution in [1.82, 2.24) is 15.0 Å². The van der Waals surface area contributed by atoms with Crippen LogP contribution in [0.5, 0.6) is 0 Å². The van der Waals surface area contributed by atoms with E-state index < -0.39 is 0 Å². The summed E-state index contributed by atoms with van der Waals surface area (Å²) in [6.07, 6.45) is 4.76. The zero-order valence-electron chi connectivity index (χ0n) is 13.7. The summed E-state index contributed by atoms with van der Waals surface area (Å²) in [5, 5.41) is 9.25. The van der Waals surface area contributed by atoms with Gasteiger partial charge in [-0.25, -0.2) is 9.97 Å². The van der Waals surface area contributed by atoms with Crippen LogP contribution in [-0.4, -0.2) is 20.9 Å². The van der Waals surface area contributed by atoms with Crippen molar-refractivity contribution >= 4 is 39.0 Å². The van der Waals surface area contributed by atoms with Crippen LogP contribution in [0.2, 0.25) is 0 Å². The van der Waals surface area contributed by atoms with Crippen LogP contribution in [0.1, 0.15) is 15.9 Å². The minimum Gasteiger partial charge on any atom is -0.365 e. The number of nitrogens with one attached hydrogen (secondary N) is 2. The maximum Gasteiger partial charge on any atom is 0.255 e. The molecule has 0 spiro atoms. The van der Waals surface area contributed by atoms with Gasteiger partial charge in [-0.1, -0.05) is 12.1 Å². The lowest BCUT2D eigenvalue weighted by Crippen LogP contribution is -2.12. The van der Waals surface area contributed by atoms with Gasteiger partial charge in [-0.15, -0.1) is 11.3 Å². The predicted octanol–water partition coefficient (Wildman–Crippen LogP) is 3.95. The molecule has 0 aliphatic carbocycles. The van der Waals surface area contributed by atoms with Crippen molar-refractivity contribution in [3.05, 3.63) is 77.7 Å². The molecule has 0 bridgehead atoms. The van der Waals surface area contributed by atoms with E-state index >= 15 is 0 Å². The summed E-state index contributed by atoms with van der Waals surface area (Å²) in [5.74, 6) is 0.649. The van der Waals surface area contributed by atoms with Crippen molar-refractivity contribution in [3.8, 4) is 0 Å². The van der Waals surface area contributed by atoms with Crippen molar-refractivity contribution < 1.29 is 4.79 Å². The molecule has 2 N–H and O–H groups in total. The average molecular weight is 361 g/mol. The number of benzene rings is 1. The maximum absolute atomic E-state index is 12.3. The number of hydrogen-bond donors (Lipinski definition) is 2. The number of aromatic nitrogens is 3. The van der Waals surface area contributed by atoms with Gasteiger partial charge in [0, 0.05) is 30.2 Å². The molecular weight excluding hydrogens is 346 g/mol. The van der Waals surface area contributed by atoms with E-state index in [1.807, 2.05) is 35.7 Å². The van der Waals surface area contributed by atoms with E-state index in [0.717, 1.165) is 27.3 Å². The van der Waals surface area contributed by atoms with Gasteiger partial charge in [0.05, 0.1) is 5.39 Å². The Labute approximate surface area is 154 Å². The van der Waals surface area contributed by atoms with Crippen molar-refractivity contribution in [2.24, 2.45) is 0 Å². The lowest BCUT2D eigenvalue weighted by Gasteiger charge is -2.09. The van der Waals surface area contributed by atoms with E-state index in [9.17, 15) is 4.79 Å². The van der Waals surface area contributed by atoms with Crippen LogP contribution in [0.3, 0.4) is 0 Å². The number of amides is 1. The lowest BCUT2D eigenvalue weighted by molar-refractivity contribution is 0.102. The molecule has 0 atom stereocenters. The molecule has 0 aliphatic heterocycles. The standard InChI is InChI=1S/C19H15N5OS/c25-18(14-4-7-20-8-5-14)24-15-3-1-2-13(10-15)11-21-17-16-6-9-26-19(16)23-12-22-17/h1-10,12H,11H2,(H,24,25)(H,21,22,23). The summed E-state index contributed by atoms with van der Waals surface area (Å²) in [6.45, 7) is 0.598. The largest absolute Gasteiger partial charge is 0.365 e. The van der Waals surface area contributed by atoms with Crippen molar-refractivity contribution in [2.45, 2.75) is 6.54 Å². The molecule has 0 saturated carbocycles. The molecule has 4 rings (SSSR count). The number of rotatable bonds is 5. The molecule has 0 fully saturated rings. The van der Waals surface area contributed by atoms with Crippen LogP contribution >= 0.6 is 11.3 Å². The van der Waals surface area contributed by atoms with Crippen LogP contribution in [0.15, 0.2) is 66.6 Å². The van der Waals surface area contributed by atoms with Crippen LogP contribution in [-0.2, 0) is 6.54 Å². The number of carbonyl (C=O) groups excluding carboxylic acids is 1. The summed E-state index contributed by atoms with van der Waals surface area (Å²) in [5.41, 5.74) is 2.36. The van der Waals surface area contributed by atoms with E-state index in [1.165, 1.54) is 0 Å². The first-order valence-electron chi connectivity index (χ1n) is 8.02. The van der Waals surface area contributed by atoms with Crippen molar-refractivity contribution in [1.29, 1.82) is 0 Å². The first kappa shape index (κ1) is 16.2. The highest BCUT2D eigenvalue weighted by atomic mass is 32.1. The van der Waals surface area contributed by atoms with Crippen molar-refractivity contribution in [3.63, 3.8) is 0 Å². The van der Waals surface area contributed by atoms with Gasteiger partial charge < -0.3 is 10.6 Å². The fourth-order valence-electron chi connectivity index (χ4n) is 2.58. The SMILES string of the molecule is O=C(Nc1cccc(CNc2ncnc3sccc23)c1)c1ccncc1. The zero-order valence-corrected chi connectivity index (χ0v) is 14.5. The Morgan fingerprint density at radius 1 is 1.08 bits per heavy atom. The third-order valence-corrected chi connectivity index (χ3v) is 4.67. The number of thiophene rings is 1. The summed E-state index contributed by atoms with van der Waals surface area (Å²) in [6, 6.07) is 13.1. The van der Waals surface area contributed by atoms with Gasteiger partial charge in [-0.2, -0.15) is 0 Å². The highest BCUT2D eigenvalue weighted by molar-refractivity contribution is 7.16. The topological polar surface area (TPSA) is 79.8 Å². The van der Waals surface area contributed by atoms with Gasteiger partial charge >= 0.3 is 0 Å². The Kier molecular flexibility index (Phi) is 4.53. The maximum atomic E-state index is 12.3. The zero-order chi connectivity index (χ0) is 17.8. The second-order valence-corrected chi connectivity index (χ2v) is 6.50. The molecular formula is C19H15N5OS. The fourth-order valence-corrected chi connectivity index (χ4v) is 3.32. The summed E-state index contributed by atoms with van der Waals surface area (Å²) >= 11 is 1.59. The predicted molar refractivity (Wildman–Crippen MR) is 103 cm³/mol. The Balaban J connectivity index is 1.46. The van der Waals surface area contributed by atoms with E-state index in [4.69, 9.17) is 0 Å². The molecule has 7 heteroatoms. The van der Waals surface area contributed by atoms with Gasteiger partial charge in [0.25, 0.3) is 5.91 Å². The molecule has 0 radical (unpaired) electrons. The molecule has 0 aliphatic rings. The molecule has 1 aromatic carbocycles. The van der Waals surface area contributed by atoms with Crippen LogP contribution in [0, 0.1) is 0 Å². The third kappa shape index (κ3) is 3.52. The highest BCUT2D eigenvalue weighted by Crippen LogP contribution is 2.24. The lowest BCUT2D eigenvalue weighted by atomic mass is 10.2. The molecule has 26 heavy (non-hydrogen) atoms. The quantitative estimate of drug-likeness (QED) is 0.563. The normalized spacial score (nSPS) is 10.6. The van der Waals surface area contributed by atoms with Crippen molar-refractivity contribution in [2.75, 3.05) is 10.6 Å². The Hall–Kier alpha value is -3.32. The second-order valence-electron chi connectivity index (χ2n) is 5.61. The third-order valence-electron chi connectivity index (χ3n) is 3.85. The van der Waals surface area contributed by atoms with Gasteiger partial charge in [0.1, 0.15) is 17.0 Å². The smallest absolute Gasteiger partial charge is 0.255 e. The first-order valence-corrected chi connectivity index (χ1v) is 8.90. The Morgan fingerprint density at radius 2 is 1.96 bits per heavy atom. The van der Waals surface area contributed by atoms with Gasteiger partial charge in [-0.05, 0) is 41.3 Å². The Bertz CT molecular complexity index is 1050. The second kappa shape index (κ2) is 7.28. The Morgan fingerprint density at radius 3 is 2.85 bits per heavy atom. The van der Waals surface area contributed by atoms with Crippen LogP contribution in [0.4, 0.5) is 11.5 Å². The summed E-state index contributed by atoms with van der Waals surface area (Å²) in [4.78, 5) is 25.7. The first-order chi connectivity index (χ1) is 12.8. The number of pyridine rings is 1. The van der Waals surface area contributed by atoms with E-state index in [0.29, 0.717) is 12.1 Å². The average Bonchev–Trinajstić information content (AvgIpc) is 3.17. The molecule has 1 amide bonds. The van der Waals surface area contributed by atoms with Gasteiger partial charge in [0.15, 0.2) is 0 Å². The molecule has 3 heterocycles. The van der Waals surface area contributed by atoms with Gasteiger partial charge in [0.2, 0.25) is 0 Å². The summed E-state index contributed by atoms with van der Waals surface area (Å²) < 4.78 is 0.